The SMILES string of the molecule is O=Cc1cn([C@@H]2O[C@H](CO)[C@@H](O)[C@H](O)[C@@H]2O)c2ccccc12. The minimum atomic E-state index is -1.46. The maximum absolute atomic E-state index is 11.2. The third-order valence-corrected chi connectivity index (χ3v) is 4.04. The van der Waals surface area contributed by atoms with Crippen LogP contribution in [0.5, 0.6) is 0 Å². The molecular formula is C15H17NO6. The van der Waals surface area contributed by atoms with Gasteiger partial charge in [-0.25, -0.2) is 0 Å². The number of nitrogens with zero attached hydrogens (tertiary/aromatic N) is 1. The summed E-state index contributed by atoms with van der Waals surface area (Å²) in [6.45, 7) is -0.499. The molecule has 1 aromatic heterocycles. The van der Waals surface area contributed by atoms with Gasteiger partial charge >= 0.3 is 0 Å². The van der Waals surface area contributed by atoms with Crippen molar-refractivity contribution in [3.8, 4) is 0 Å². The molecule has 1 aliphatic heterocycles. The summed E-state index contributed by atoms with van der Waals surface area (Å²) in [7, 11) is 0. The van der Waals surface area contributed by atoms with Gasteiger partial charge in [-0.15, -0.1) is 0 Å². The minimum absolute atomic E-state index is 0.424. The quantitative estimate of drug-likeness (QED) is 0.565. The van der Waals surface area contributed by atoms with Gasteiger partial charge in [0.15, 0.2) is 12.5 Å². The van der Waals surface area contributed by atoms with E-state index in [0.717, 1.165) is 0 Å². The van der Waals surface area contributed by atoms with E-state index in [1.54, 1.807) is 24.3 Å². The normalized spacial score (nSPS) is 32.3. The molecule has 7 nitrogen and oxygen atoms in total. The van der Waals surface area contributed by atoms with Crippen molar-refractivity contribution in [2.75, 3.05) is 6.61 Å². The van der Waals surface area contributed by atoms with E-state index in [9.17, 15) is 25.2 Å². The van der Waals surface area contributed by atoms with E-state index in [0.29, 0.717) is 22.8 Å². The van der Waals surface area contributed by atoms with Crippen LogP contribution in [0.2, 0.25) is 0 Å². The van der Waals surface area contributed by atoms with Crippen molar-refractivity contribution in [1.82, 2.24) is 4.57 Å². The Labute approximate surface area is 126 Å². The highest BCUT2D eigenvalue weighted by molar-refractivity contribution is 5.97. The third-order valence-electron chi connectivity index (χ3n) is 4.04. The number of carbonyl (C=O) groups is 1. The van der Waals surface area contributed by atoms with Crippen molar-refractivity contribution >= 4 is 17.2 Å². The van der Waals surface area contributed by atoms with Crippen molar-refractivity contribution in [3.05, 3.63) is 36.0 Å². The number of carbonyl (C=O) groups excluding carboxylic acids is 1. The molecule has 3 rings (SSSR count). The van der Waals surface area contributed by atoms with Gasteiger partial charge < -0.3 is 29.7 Å². The van der Waals surface area contributed by atoms with E-state index < -0.39 is 37.3 Å². The minimum Gasteiger partial charge on any atom is -0.394 e. The van der Waals surface area contributed by atoms with Gasteiger partial charge in [0.2, 0.25) is 0 Å². The fraction of sp³-hybridized carbons (Fsp3) is 0.400. The van der Waals surface area contributed by atoms with Crippen LogP contribution in [-0.2, 0) is 4.74 Å². The second-order valence-corrected chi connectivity index (χ2v) is 5.35. The molecule has 1 fully saturated rings. The first-order chi connectivity index (χ1) is 10.6. The highest BCUT2D eigenvalue weighted by atomic mass is 16.6. The number of ether oxygens (including phenoxy) is 1. The Morgan fingerprint density at radius 3 is 2.55 bits per heavy atom. The molecule has 0 aliphatic carbocycles. The second-order valence-electron chi connectivity index (χ2n) is 5.35. The summed E-state index contributed by atoms with van der Waals surface area (Å²) in [6, 6.07) is 7.08. The van der Waals surface area contributed by atoms with Gasteiger partial charge in [0.1, 0.15) is 24.4 Å². The van der Waals surface area contributed by atoms with Crippen molar-refractivity contribution in [2.45, 2.75) is 30.6 Å². The smallest absolute Gasteiger partial charge is 0.163 e. The monoisotopic (exact) mass is 307 g/mol. The Kier molecular flexibility index (Phi) is 3.98. The summed E-state index contributed by atoms with van der Waals surface area (Å²) in [4.78, 5) is 11.2. The van der Waals surface area contributed by atoms with E-state index in [1.807, 2.05) is 0 Å². The molecule has 0 amide bonds. The molecule has 118 valence electrons. The van der Waals surface area contributed by atoms with Gasteiger partial charge in [0.25, 0.3) is 0 Å². The third kappa shape index (κ3) is 2.23. The zero-order chi connectivity index (χ0) is 15.9. The summed E-state index contributed by atoms with van der Waals surface area (Å²) >= 11 is 0. The largest absolute Gasteiger partial charge is 0.394 e. The van der Waals surface area contributed by atoms with Gasteiger partial charge in [0, 0.05) is 17.1 Å². The number of rotatable bonds is 3. The van der Waals surface area contributed by atoms with Crippen molar-refractivity contribution < 1.29 is 30.0 Å². The first-order valence-corrected chi connectivity index (χ1v) is 6.93. The molecule has 7 heteroatoms. The Morgan fingerprint density at radius 2 is 1.86 bits per heavy atom. The molecule has 1 saturated heterocycles. The standard InChI is InChI=1S/C15H17NO6/c17-6-8-5-16(10-4-2-1-3-9(8)10)15-14(21)13(20)12(19)11(7-18)22-15/h1-6,11-15,18-21H,7H2/t11-,12-,13+,14+,15-/m1/s1. The molecule has 0 saturated carbocycles. The van der Waals surface area contributed by atoms with Gasteiger partial charge in [-0.2, -0.15) is 0 Å². The zero-order valence-electron chi connectivity index (χ0n) is 11.6. The number of aldehydes is 1. The number of aliphatic hydroxyl groups excluding tert-OH is 4. The molecule has 4 N–H and O–H groups in total. The molecule has 0 unspecified atom stereocenters. The zero-order valence-corrected chi connectivity index (χ0v) is 11.6. The lowest BCUT2D eigenvalue weighted by molar-refractivity contribution is -0.250. The van der Waals surface area contributed by atoms with Crippen LogP contribution < -0.4 is 0 Å². The molecule has 5 atom stereocenters. The van der Waals surface area contributed by atoms with Crippen LogP contribution in [0.15, 0.2) is 30.5 Å². The van der Waals surface area contributed by atoms with E-state index in [2.05, 4.69) is 0 Å². The number of benzene rings is 1. The molecule has 1 aromatic carbocycles. The van der Waals surface area contributed by atoms with E-state index in [-0.39, 0.29) is 0 Å². The van der Waals surface area contributed by atoms with Crippen LogP contribution in [0.25, 0.3) is 10.9 Å². The average molecular weight is 307 g/mol. The van der Waals surface area contributed by atoms with Crippen LogP contribution in [0.3, 0.4) is 0 Å². The van der Waals surface area contributed by atoms with Gasteiger partial charge in [-0.1, -0.05) is 18.2 Å². The average Bonchev–Trinajstić information content (AvgIpc) is 2.92. The maximum atomic E-state index is 11.2. The molecule has 0 radical (unpaired) electrons. The highest BCUT2D eigenvalue weighted by Crippen LogP contribution is 2.32. The number of fused-ring (bicyclic) bond motifs is 1. The first-order valence-electron chi connectivity index (χ1n) is 6.93. The molecule has 0 bridgehead atoms. The highest BCUT2D eigenvalue weighted by Gasteiger charge is 2.44. The van der Waals surface area contributed by atoms with Crippen LogP contribution in [0.4, 0.5) is 0 Å². The van der Waals surface area contributed by atoms with Gasteiger partial charge in [-0.3, -0.25) is 4.79 Å². The predicted molar refractivity (Wildman–Crippen MR) is 76.3 cm³/mol. The van der Waals surface area contributed by atoms with Crippen molar-refractivity contribution in [1.29, 1.82) is 0 Å². The fourth-order valence-corrected chi connectivity index (χ4v) is 2.85. The Morgan fingerprint density at radius 1 is 1.14 bits per heavy atom. The summed E-state index contributed by atoms with van der Waals surface area (Å²) in [5, 5.41) is 39.8. The van der Waals surface area contributed by atoms with Crippen molar-refractivity contribution in [2.24, 2.45) is 0 Å². The molecular weight excluding hydrogens is 290 g/mol. The summed E-state index contributed by atoms with van der Waals surface area (Å²) in [5.41, 5.74) is 1.07. The molecule has 0 spiro atoms. The van der Waals surface area contributed by atoms with Gasteiger partial charge in [0.05, 0.1) is 12.1 Å². The number of hydrogen-bond donors (Lipinski definition) is 4. The van der Waals surface area contributed by atoms with E-state index in [4.69, 9.17) is 4.74 Å². The summed E-state index contributed by atoms with van der Waals surface area (Å²) < 4.78 is 7.05. The number of para-hydroxylation sites is 1. The van der Waals surface area contributed by atoms with E-state index >= 15 is 0 Å². The number of hydrogen-bond acceptors (Lipinski definition) is 6. The van der Waals surface area contributed by atoms with Gasteiger partial charge in [-0.05, 0) is 6.07 Å². The van der Waals surface area contributed by atoms with E-state index in [1.165, 1.54) is 10.8 Å². The van der Waals surface area contributed by atoms with Crippen LogP contribution in [0, 0.1) is 0 Å². The Bertz CT molecular complexity index is 682. The van der Waals surface area contributed by atoms with Crippen LogP contribution in [-0.4, -0.2) is 62.3 Å². The van der Waals surface area contributed by atoms with Crippen molar-refractivity contribution in [3.63, 3.8) is 0 Å². The Hall–Kier alpha value is -1.77. The lowest BCUT2D eigenvalue weighted by Gasteiger charge is -2.40. The predicted octanol–water partition coefficient (Wildman–Crippen LogP) is -0.574. The number of aliphatic hydroxyl groups is 4. The summed E-state index contributed by atoms with van der Waals surface area (Å²) in [6.07, 6.45) is -4.07. The molecule has 22 heavy (non-hydrogen) atoms. The molecule has 1 aliphatic rings. The number of aromatic nitrogens is 1. The summed E-state index contributed by atoms with van der Waals surface area (Å²) in [5.74, 6) is 0. The first kappa shape index (κ1) is 15.1. The molecule has 2 aromatic rings. The lowest BCUT2D eigenvalue weighted by Crippen LogP contribution is -2.56. The lowest BCUT2D eigenvalue weighted by atomic mass is 9.98. The van der Waals surface area contributed by atoms with Crippen LogP contribution >= 0.6 is 0 Å². The topological polar surface area (TPSA) is 112 Å². The van der Waals surface area contributed by atoms with Crippen LogP contribution in [0.1, 0.15) is 16.6 Å². The fourth-order valence-electron chi connectivity index (χ4n) is 2.85. The second kappa shape index (κ2) is 5.79. The maximum Gasteiger partial charge on any atom is 0.163 e. The molecule has 2 heterocycles. The Balaban J connectivity index is 2.08.